The van der Waals surface area contributed by atoms with Crippen molar-refractivity contribution >= 4 is 0 Å². The van der Waals surface area contributed by atoms with Crippen molar-refractivity contribution in [3.05, 3.63) is 0 Å². The predicted molar refractivity (Wildman–Crippen MR) is 70.0 cm³/mol. The van der Waals surface area contributed by atoms with Gasteiger partial charge in [-0.25, -0.2) is 0 Å². The van der Waals surface area contributed by atoms with Crippen LogP contribution in [0.2, 0.25) is 0 Å². The van der Waals surface area contributed by atoms with Crippen LogP contribution >= 0.6 is 0 Å². The van der Waals surface area contributed by atoms with Gasteiger partial charge in [0.05, 0.1) is 13.2 Å². The third kappa shape index (κ3) is 3.19. The third-order valence-corrected chi connectivity index (χ3v) is 4.68. The van der Waals surface area contributed by atoms with Crippen LogP contribution in [0.1, 0.15) is 27.2 Å². The summed E-state index contributed by atoms with van der Waals surface area (Å²) in [5.74, 6) is 0.527. The standard InChI is InChI=1S/C13H28N2O2/c1-11-12(15(7-9-16)8-10-17)5-6-14(4)13(11,2)3/h11-12,16-17H,5-10H2,1-4H3. The number of hydrogen-bond donors (Lipinski definition) is 2. The van der Waals surface area contributed by atoms with E-state index < -0.39 is 0 Å². The Balaban J connectivity index is 2.75. The molecule has 1 aliphatic rings. The second-order valence-corrected chi connectivity index (χ2v) is 5.70. The van der Waals surface area contributed by atoms with Gasteiger partial charge in [-0.1, -0.05) is 6.92 Å². The molecule has 4 heteroatoms. The van der Waals surface area contributed by atoms with Crippen molar-refractivity contribution in [1.82, 2.24) is 9.80 Å². The molecule has 4 nitrogen and oxygen atoms in total. The van der Waals surface area contributed by atoms with Crippen molar-refractivity contribution in [3.63, 3.8) is 0 Å². The second-order valence-electron chi connectivity index (χ2n) is 5.70. The van der Waals surface area contributed by atoms with Gasteiger partial charge >= 0.3 is 0 Å². The molecular weight excluding hydrogens is 216 g/mol. The molecule has 0 bridgehead atoms. The molecule has 102 valence electrons. The van der Waals surface area contributed by atoms with Crippen LogP contribution in [0.5, 0.6) is 0 Å². The summed E-state index contributed by atoms with van der Waals surface area (Å²) in [5, 5.41) is 18.3. The molecule has 0 aromatic heterocycles. The average Bonchev–Trinajstić information content (AvgIpc) is 2.27. The van der Waals surface area contributed by atoms with Crippen molar-refractivity contribution in [2.75, 3.05) is 39.9 Å². The molecule has 0 aromatic carbocycles. The molecule has 1 saturated heterocycles. The maximum absolute atomic E-state index is 9.13. The zero-order chi connectivity index (χ0) is 13.1. The minimum absolute atomic E-state index is 0.166. The van der Waals surface area contributed by atoms with Crippen molar-refractivity contribution in [1.29, 1.82) is 0 Å². The lowest BCUT2D eigenvalue weighted by Gasteiger charge is -2.52. The molecule has 1 fully saturated rings. The summed E-state index contributed by atoms with van der Waals surface area (Å²) in [6, 6.07) is 0.459. The molecule has 0 spiro atoms. The SMILES string of the molecule is CC1C(N(CCO)CCO)CCN(C)C1(C)C. The lowest BCUT2D eigenvalue weighted by molar-refractivity contribution is -0.0254. The van der Waals surface area contributed by atoms with Gasteiger partial charge in [-0.15, -0.1) is 0 Å². The van der Waals surface area contributed by atoms with Crippen LogP contribution < -0.4 is 0 Å². The van der Waals surface area contributed by atoms with E-state index in [4.69, 9.17) is 10.2 Å². The number of aliphatic hydroxyl groups is 2. The van der Waals surface area contributed by atoms with E-state index in [9.17, 15) is 0 Å². The van der Waals surface area contributed by atoms with E-state index >= 15 is 0 Å². The topological polar surface area (TPSA) is 46.9 Å². The van der Waals surface area contributed by atoms with Gasteiger partial charge < -0.3 is 15.1 Å². The highest BCUT2D eigenvalue weighted by Gasteiger charge is 2.41. The lowest BCUT2D eigenvalue weighted by atomic mass is 9.76. The van der Waals surface area contributed by atoms with E-state index in [2.05, 4.69) is 37.6 Å². The van der Waals surface area contributed by atoms with Crippen molar-refractivity contribution in [3.8, 4) is 0 Å². The van der Waals surface area contributed by atoms with Crippen LogP contribution in [-0.2, 0) is 0 Å². The molecule has 0 saturated carbocycles. The Hall–Kier alpha value is -0.160. The number of hydrogen-bond acceptors (Lipinski definition) is 4. The fraction of sp³-hybridized carbons (Fsp3) is 1.00. The van der Waals surface area contributed by atoms with Gasteiger partial charge in [0, 0.05) is 24.7 Å². The summed E-state index contributed by atoms with van der Waals surface area (Å²) < 4.78 is 0. The fourth-order valence-corrected chi connectivity index (χ4v) is 2.88. The van der Waals surface area contributed by atoms with E-state index in [0.29, 0.717) is 25.0 Å². The van der Waals surface area contributed by atoms with Crippen LogP contribution in [0.4, 0.5) is 0 Å². The number of piperidine rings is 1. The zero-order valence-electron chi connectivity index (χ0n) is 11.7. The first-order chi connectivity index (χ1) is 7.95. The summed E-state index contributed by atoms with van der Waals surface area (Å²) >= 11 is 0. The highest BCUT2D eigenvalue weighted by atomic mass is 16.3. The lowest BCUT2D eigenvalue weighted by Crippen LogP contribution is -2.60. The van der Waals surface area contributed by atoms with E-state index in [1.807, 2.05) is 0 Å². The van der Waals surface area contributed by atoms with Crippen molar-refractivity contribution in [2.45, 2.75) is 38.8 Å². The van der Waals surface area contributed by atoms with Crippen molar-refractivity contribution in [2.24, 2.45) is 5.92 Å². The summed E-state index contributed by atoms with van der Waals surface area (Å²) in [6.45, 7) is 9.57. The van der Waals surface area contributed by atoms with Crippen LogP contribution in [0, 0.1) is 5.92 Å². The minimum atomic E-state index is 0.166. The molecule has 2 unspecified atom stereocenters. The summed E-state index contributed by atoms with van der Waals surface area (Å²) in [6.07, 6.45) is 1.11. The maximum Gasteiger partial charge on any atom is 0.0558 e. The first-order valence-corrected chi connectivity index (χ1v) is 6.62. The summed E-state index contributed by atoms with van der Waals surface area (Å²) in [5.41, 5.74) is 0.173. The molecule has 1 heterocycles. The minimum Gasteiger partial charge on any atom is -0.395 e. The number of aliphatic hydroxyl groups excluding tert-OH is 2. The van der Waals surface area contributed by atoms with E-state index in [1.165, 1.54) is 0 Å². The van der Waals surface area contributed by atoms with Gasteiger partial charge in [-0.2, -0.15) is 0 Å². The fourth-order valence-electron chi connectivity index (χ4n) is 2.88. The van der Waals surface area contributed by atoms with Crippen LogP contribution in [0.25, 0.3) is 0 Å². The Morgan fingerprint density at radius 1 is 1.24 bits per heavy atom. The zero-order valence-corrected chi connectivity index (χ0v) is 11.7. The van der Waals surface area contributed by atoms with Gasteiger partial charge in [0.25, 0.3) is 0 Å². The van der Waals surface area contributed by atoms with Gasteiger partial charge in [-0.05, 0) is 39.8 Å². The molecule has 2 N–H and O–H groups in total. The smallest absolute Gasteiger partial charge is 0.0558 e. The molecule has 1 aliphatic heterocycles. The van der Waals surface area contributed by atoms with E-state index in [0.717, 1.165) is 13.0 Å². The van der Waals surface area contributed by atoms with Crippen LogP contribution in [0.15, 0.2) is 0 Å². The molecule has 0 aromatic rings. The van der Waals surface area contributed by atoms with Gasteiger partial charge in [0.1, 0.15) is 0 Å². The highest BCUT2D eigenvalue weighted by molar-refractivity contribution is 4.97. The largest absolute Gasteiger partial charge is 0.395 e. The number of rotatable bonds is 5. The van der Waals surface area contributed by atoms with Gasteiger partial charge in [-0.3, -0.25) is 4.90 Å². The summed E-state index contributed by atoms with van der Waals surface area (Å²) in [7, 11) is 2.18. The molecule has 2 atom stereocenters. The normalized spacial score (nSPS) is 29.8. The molecule has 17 heavy (non-hydrogen) atoms. The van der Waals surface area contributed by atoms with Crippen LogP contribution in [0.3, 0.4) is 0 Å². The average molecular weight is 244 g/mol. The quantitative estimate of drug-likeness (QED) is 0.734. The number of likely N-dealkylation sites (tertiary alicyclic amines) is 1. The Morgan fingerprint density at radius 2 is 1.76 bits per heavy atom. The Labute approximate surface area is 105 Å². The first kappa shape index (κ1) is 14.9. The molecule has 0 radical (unpaired) electrons. The van der Waals surface area contributed by atoms with E-state index in [1.54, 1.807) is 0 Å². The molecular formula is C13H28N2O2. The summed E-state index contributed by atoms with van der Waals surface area (Å²) in [4.78, 5) is 4.64. The second kappa shape index (κ2) is 6.14. The molecule has 1 rings (SSSR count). The molecule has 0 amide bonds. The monoisotopic (exact) mass is 244 g/mol. The van der Waals surface area contributed by atoms with Gasteiger partial charge in [0.2, 0.25) is 0 Å². The van der Waals surface area contributed by atoms with Crippen molar-refractivity contribution < 1.29 is 10.2 Å². The third-order valence-electron chi connectivity index (χ3n) is 4.68. The molecule has 0 aliphatic carbocycles. The Morgan fingerprint density at radius 3 is 2.24 bits per heavy atom. The van der Waals surface area contributed by atoms with Crippen LogP contribution in [-0.4, -0.2) is 71.5 Å². The Kier molecular flexibility index (Phi) is 5.38. The maximum atomic E-state index is 9.13. The first-order valence-electron chi connectivity index (χ1n) is 6.62. The van der Waals surface area contributed by atoms with Gasteiger partial charge in [0.15, 0.2) is 0 Å². The predicted octanol–water partition coefficient (Wildman–Crippen LogP) is 0.392. The number of nitrogens with zero attached hydrogens (tertiary/aromatic N) is 2. The highest BCUT2D eigenvalue weighted by Crippen LogP contribution is 2.34. The Bertz CT molecular complexity index is 227. The van der Waals surface area contributed by atoms with E-state index in [-0.39, 0.29) is 18.8 Å².